The Morgan fingerprint density at radius 2 is 0.857 bits per heavy atom. The first-order valence-corrected chi connectivity index (χ1v) is 12.7. The van der Waals surface area contributed by atoms with E-state index < -0.39 is 0 Å². The first-order chi connectivity index (χ1) is 13.9. The zero-order valence-corrected chi connectivity index (χ0v) is 19.0. The SMILES string of the molecule is c1sc2c([s+]1)COCCOCCOCc1[s+]csc1COCCOCCOC2. The van der Waals surface area contributed by atoms with Crippen molar-refractivity contribution in [2.45, 2.75) is 26.4 Å². The van der Waals surface area contributed by atoms with Gasteiger partial charge in [0.2, 0.25) is 9.39 Å². The molecule has 6 nitrogen and oxygen atoms in total. The molecule has 156 valence electrons. The average molecular weight is 467 g/mol. The van der Waals surface area contributed by atoms with Gasteiger partial charge >= 0.3 is 0 Å². The molecule has 2 aromatic heterocycles. The maximum absolute atomic E-state index is 5.73. The van der Waals surface area contributed by atoms with Crippen molar-refractivity contribution in [3.05, 3.63) is 28.9 Å². The second-order valence-corrected chi connectivity index (χ2v) is 10.2. The third kappa shape index (κ3) is 8.31. The summed E-state index contributed by atoms with van der Waals surface area (Å²) in [5.74, 6) is 0. The Kier molecular flexibility index (Phi) is 11.2. The van der Waals surface area contributed by atoms with Crippen molar-refractivity contribution in [1.29, 1.82) is 0 Å². The van der Waals surface area contributed by atoms with Crippen LogP contribution in [0.5, 0.6) is 0 Å². The largest absolute Gasteiger partial charge is 0.377 e. The van der Waals surface area contributed by atoms with Gasteiger partial charge in [0, 0.05) is 0 Å². The van der Waals surface area contributed by atoms with Crippen LogP contribution < -0.4 is 0 Å². The van der Waals surface area contributed by atoms with Crippen molar-refractivity contribution in [3.8, 4) is 0 Å². The third-order valence-corrected chi connectivity index (χ3v) is 8.20. The van der Waals surface area contributed by atoms with Crippen LogP contribution in [0.15, 0.2) is 9.39 Å². The molecule has 0 spiro atoms. The fourth-order valence-corrected chi connectivity index (χ4v) is 6.52. The van der Waals surface area contributed by atoms with Crippen molar-refractivity contribution < 1.29 is 28.4 Å². The van der Waals surface area contributed by atoms with Crippen LogP contribution >= 0.6 is 45.3 Å². The molecule has 1 aliphatic rings. The van der Waals surface area contributed by atoms with Crippen molar-refractivity contribution >= 4 is 45.3 Å². The van der Waals surface area contributed by atoms with E-state index in [0.29, 0.717) is 79.3 Å². The monoisotopic (exact) mass is 466 g/mol. The Labute approximate surface area is 181 Å². The van der Waals surface area contributed by atoms with E-state index in [4.69, 9.17) is 28.4 Å². The summed E-state index contributed by atoms with van der Waals surface area (Å²) in [5.41, 5.74) is 0. The van der Waals surface area contributed by atoms with E-state index >= 15 is 0 Å². The van der Waals surface area contributed by atoms with E-state index in [9.17, 15) is 0 Å². The average Bonchev–Trinajstić information content (AvgIpc) is 3.34. The summed E-state index contributed by atoms with van der Waals surface area (Å²) in [6.45, 7) is 6.98. The predicted molar refractivity (Wildman–Crippen MR) is 113 cm³/mol. The van der Waals surface area contributed by atoms with Crippen LogP contribution in [0.25, 0.3) is 0 Å². The molecular formula is C18H26O6S4+2. The first-order valence-electron chi connectivity index (χ1n) is 9.14. The van der Waals surface area contributed by atoms with Crippen LogP contribution in [0.3, 0.4) is 0 Å². The number of hydrogen-bond donors (Lipinski definition) is 0. The predicted octanol–water partition coefficient (Wildman–Crippen LogP) is 4.31. The van der Waals surface area contributed by atoms with Gasteiger partial charge in [-0.2, -0.15) is 0 Å². The second-order valence-electron chi connectivity index (χ2n) is 5.79. The normalized spacial score (nSPS) is 19.7. The second kappa shape index (κ2) is 14.0. The molecule has 3 heterocycles. The summed E-state index contributed by atoms with van der Waals surface area (Å²) in [4.78, 5) is 4.88. The van der Waals surface area contributed by atoms with Gasteiger partial charge in [0.1, 0.15) is 26.4 Å². The summed E-state index contributed by atoms with van der Waals surface area (Å²) in [7, 11) is 0. The van der Waals surface area contributed by atoms with Crippen LogP contribution in [0.1, 0.15) is 19.5 Å². The Bertz CT molecular complexity index is 557. The molecule has 0 N–H and O–H groups in total. The molecule has 3 rings (SSSR count). The highest BCUT2D eigenvalue weighted by atomic mass is 32.2. The van der Waals surface area contributed by atoms with Gasteiger partial charge in [0.05, 0.1) is 98.2 Å². The molecule has 10 heteroatoms. The topological polar surface area (TPSA) is 55.4 Å². The van der Waals surface area contributed by atoms with Crippen LogP contribution in [-0.2, 0) is 54.8 Å². The molecule has 0 amide bonds. The van der Waals surface area contributed by atoms with Crippen molar-refractivity contribution in [2.75, 3.05) is 52.9 Å². The van der Waals surface area contributed by atoms with Gasteiger partial charge < -0.3 is 28.4 Å². The standard InChI is InChI=1S/C18H26O6S4/c1-5-21-9-15-16(26-13-25-15)11-23-7-3-20-4-8-24-12-18-17(27-14-28-18)10-22-6-2-19-1/h13-14H,1-12H2/q+2. The van der Waals surface area contributed by atoms with Crippen molar-refractivity contribution in [2.24, 2.45) is 0 Å². The number of fused-ring (bicyclic) bond motifs is 2. The summed E-state index contributed by atoms with van der Waals surface area (Å²) in [6.07, 6.45) is 0. The summed E-state index contributed by atoms with van der Waals surface area (Å²) in [6, 6.07) is 0. The van der Waals surface area contributed by atoms with Crippen LogP contribution in [0, 0.1) is 0 Å². The van der Waals surface area contributed by atoms with Crippen LogP contribution in [-0.4, -0.2) is 52.9 Å². The Morgan fingerprint density at radius 3 is 1.29 bits per heavy atom. The number of rotatable bonds is 0. The van der Waals surface area contributed by atoms with Crippen molar-refractivity contribution in [1.82, 2.24) is 0 Å². The van der Waals surface area contributed by atoms with E-state index in [-0.39, 0.29) is 0 Å². The molecule has 0 bridgehead atoms. The summed E-state index contributed by atoms with van der Waals surface area (Å²) >= 11 is 6.84. The zero-order chi connectivity index (χ0) is 19.3. The third-order valence-electron chi connectivity index (χ3n) is 3.80. The van der Waals surface area contributed by atoms with Gasteiger partial charge in [-0.25, -0.2) is 0 Å². The van der Waals surface area contributed by atoms with E-state index in [1.165, 1.54) is 19.5 Å². The lowest BCUT2D eigenvalue weighted by molar-refractivity contribution is 0.00234. The van der Waals surface area contributed by atoms with E-state index in [1.807, 2.05) is 0 Å². The fraction of sp³-hybridized carbons (Fsp3) is 0.667. The molecule has 2 aromatic rings. The van der Waals surface area contributed by atoms with Gasteiger partial charge in [-0.3, -0.25) is 0 Å². The van der Waals surface area contributed by atoms with Gasteiger partial charge in [0.15, 0.2) is 19.5 Å². The molecular weight excluding hydrogens is 440 g/mol. The quantitative estimate of drug-likeness (QED) is 0.540. The number of ether oxygens (including phenoxy) is 6. The highest BCUT2D eigenvalue weighted by Gasteiger charge is 2.17. The van der Waals surface area contributed by atoms with Gasteiger partial charge in [0.25, 0.3) is 0 Å². The minimum absolute atomic E-state index is 0.571. The van der Waals surface area contributed by atoms with Gasteiger partial charge in [-0.15, -0.1) is 0 Å². The first kappa shape index (κ1) is 22.5. The lowest BCUT2D eigenvalue weighted by atomic mass is 10.4. The summed E-state index contributed by atoms with van der Waals surface area (Å²) < 4.78 is 38.3. The molecule has 28 heavy (non-hydrogen) atoms. The molecule has 1 aliphatic heterocycles. The lowest BCUT2D eigenvalue weighted by Gasteiger charge is -2.07. The maximum atomic E-state index is 5.73. The van der Waals surface area contributed by atoms with Crippen molar-refractivity contribution in [3.63, 3.8) is 0 Å². The minimum atomic E-state index is 0.571. The molecule has 0 saturated carbocycles. The van der Waals surface area contributed by atoms with E-state index in [1.54, 1.807) is 45.3 Å². The molecule has 0 unspecified atom stereocenters. The lowest BCUT2D eigenvalue weighted by Crippen LogP contribution is -2.11. The fourth-order valence-electron chi connectivity index (χ4n) is 2.34. The molecule has 0 saturated heterocycles. The maximum Gasteiger partial charge on any atom is 0.243 e. The van der Waals surface area contributed by atoms with Gasteiger partial charge in [-0.1, -0.05) is 0 Å². The highest BCUT2D eigenvalue weighted by molar-refractivity contribution is 7.28. The van der Waals surface area contributed by atoms with E-state index in [0.717, 1.165) is 0 Å². The van der Waals surface area contributed by atoms with Gasteiger partial charge in [-0.05, 0) is 0 Å². The molecule has 0 atom stereocenters. The highest BCUT2D eigenvalue weighted by Crippen LogP contribution is 2.25. The Morgan fingerprint density at radius 1 is 0.500 bits per heavy atom. The van der Waals surface area contributed by atoms with E-state index in [2.05, 4.69) is 9.39 Å². The summed E-state index contributed by atoms with van der Waals surface area (Å²) in [5, 5.41) is 0. The number of hydrogen-bond acceptors (Lipinski definition) is 8. The van der Waals surface area contributed by atoms with Crippen LogP contribution in [0.2, 0.25) is 0 Å². The van der Waals surface area contributed by atoms with Crippen LogP contribution in [0.4, 0.5) is 0 Å². The molecule has 0 radical (unpaired) electrons. The zero-order valence-electron chi connectivity index (χ0n) is 15.7. The Balaban J connectivity index is 1.43. The minimum Gasteiger partial charge on any atom is -0.377 e. The molecule has 0 aliphatic carbocycles. The smallest absolute Gasteiger partial charge is 0.243 e. The Hall–Kier alpha value is -0.140. The molecule has 0 aromatic carbocycles. The molecule has 0 fully saturated rings.